The van der Waals surface area contributed by atoms with Gasteiger partial charge in [-0.2, -0.15) is 0 Å². The van der Waals surface area contributed by atoms with Crippen LogP contribution in [0.1, 0.15) is 72.1 Å². The second-order valence-electron chi connectivity index (χ2n) is 6.86. The van der Waals surface area contributed by atoms with Crippen LogP contribution in [-0.4, -0.2) is 17.5 Å². The molecule has 0 aromatic carbocycles. The summed E-state index contributed by atoms with van der Waals surface area (Å²) < 4.78 is 5.14. The van der Waals surface area contributed by atoms with E-state index in [2.05, 4.69) is 0 Å². The topological polar surface area (TPSA) is 66.4 Å². The van der Waals surface area contributed by atoms with Crippen molar-refractivity contribution in [3.8, 4) is 0 Å². The summed E-state index contributed by atoms with van der Waals surface area (Å²) in [6.07, 6.45) is 9.44. The quantitative estimate of drug-likeness (QED) is 0.558. The van der Waals surface area contributed by atoms with Crippen molar-refractivity contribution in [1.29, 1.82) is 0 Å². The van der Waals surface area contributed by atoms with Gasteiger partial charge in [0.15, 0.2) is 0 Å². The normalized spacial score (nSPS) is 17.6. The third-order valence-electron chi connectivity index (χ3n) is 3.71. The van der Waals surface area contributed by atoms with Crippen LogP contribution in [0.2, 0.25) is 0 Å². The molecule has 0 aromatic rings. The van der Waals surface area contributed by atoms with Gasteiger partial charge in [-0.15, -0.1) is 0 Å². The Hall–Kier alpha value is -1.32. The Morgan fingerprint density at radius 1 is 1.19 bits per heavy atom. The van der Waals surface area contributed by atoms with Gasteiger partial charge in [0, 0.05) is 0 Å². The number of hydrogen-bond donors (Lipinski definition) is 0. The van der Waals surface area contributed by atoms with Crippen molar-refractivity contribution in [1.82, 2.24) is 0 Å². The summed E-state index contributed by atoms with van der Waals surface area (Å²) in [5, 5.41) is 11.1. The van der Waals surface area contributed by atoms with Gasteiger partial charge in [0.25, 0.3) is 0 Å². The highest BCUT2D eigenvalue weighted by atomic mass is 16.6. The predicted molar refractivity (Wildman–Crippen MR) is 79.4 cm³/mol. The monoisotopic (exact) mass is 295 g/mol. The zero-order chi connectivity index (χ0) is 15.9. The smallest absolute Gasteiger partial charge is 0.310 e. The molecule has 0 amide bonds. The SMILES string of the molecule is CC(C)(C)OC(=O)C/C(=C\CCC1CCCCC1)C(=O)[O-]. The highest BCUT2D eigenvalue weighted by Gasteiger charge is 2.18. The molecule has 1 rings (SSSR count). The van der Waals surface area contributed by atoms with E-state index in [4.69, 9.17) is 4.74 Å². The van der Waals surface area contributed by atoms with Crippen molar-refractivity contribution in [3.05, 3.63) is 11.6 Å². The first-order chi connectivity index (χ1) is 9.78. The fourth-order valence-corrected chi connectivity index (χ4v) is 2.73. The van der Waals surface area contributed by atoms with Crippen molar-refractivity contribution < 1.29 is 19.4 Å². The van der Waals surface area contributed by atoms with Crippen molar-refractivity contribution >= 4 is 11.9 Å². The van der Waals surface area contributed by atoms with Gasteiger partial charge in [-0.05, 0) is 45.1 Å². The van der Waals surface area contributed by atoms with Crippen LogP contribution >= 0.6 is 0 Å². The molecule has 0 heterocycles. The van der Waals surface area contributed by atoms with E-state index in [1.807, 2.05) is 0 Å². The fraction of sp³-hybridized carbons (Fsp3) is 0.765. The molecule has 1 fully saturated rings. The van der Waals surface area contributed by atoms with Crippen LogP contribution in [0.3, 0.4) is 0 Å². The van der Waals surface area contributed by atoms with Gasteiger partial charge in [0.1, 0.15) is 5.60 Å². The lowest BCUT2D eigenvalue weighted by Crippen LogP contribution is -2.29. The third-order valence-corrected chi connectivity index (χ3v) is 3.71. The molecule has 1 aliphatic rings. The highest BCUT2D eigenvalue weighted by Crippen LogP contribution is 2.27. The number of carbonyl (C=O) groups excluding carboxylic acids is 2. The first kappa shape index (κ1) is 17.7. The van der Waals surface area contributed by atoms with Crippen molar-refractivity contribution in [2.24, 2.45) is 5.92 Å². The Labute approximate surface area is 127 Å². The second kappa shape index (κ2) is 8.20. The Balaban J connectivity index is 2.46. The summed E-state index contributed by atoms with van der Waals surface area (Å²) >= 11 is 0. The molecule has 0 unspecified atom stereocenters. The summed E-state index contributed by atoms with van der Waals surface area (Å²) in [5.41, 5.74) is -0.559. The number of rotatable bonds is 6. The Bertz CT molecular complexity index is 384. The number of hydrogen-bond acceptors (Lipinski definition) is 4. The number of allylic oxidation sites excluding steroid dienone is 1. The number of carboxylic acids is 1. The molecule has 0 bridgehead atoms. The number of carbonyl (C=O) groups is 2. The molecule has 0 radical (unpaired) electrons. The van der Waals surface area contributed by atoms with Gasteiger partial charge >= 0.3 is 5.97 Å². The minimum Gasteiger partial charge on any atom is -0.545 e. The molecule has 4 heteroatoms. The zero-order valence-electron chi connectivity index (χ0n) is 13.4. The molecule has 0 spiro atoms. The molecule has 4 nitrogen and oxygen atoms in total. The minimum absolute atomic E-state index is 0.0417. The third kappa shape index (κ3) is 7.88. The summed E-state index contributed by atoms with van der Waals surface area (Å²) in [6, 6.07) is 0. The van der Waals surface area contributed by atoms with Gasteiger partial charge in [0.2, 0.25) is 0 Å². The van der Waals surface area contributed by atoms with Crippen LogP contribution in [0, 0.1) is 5.92 Å². The molecule has 0 saturated heterocycles. The molecule has 21 heavy (non-hydrogen) atoms. The van der Waals surface area contributed by atoms with E-state index in [0.717, 1.165) is 6.42 Å². The lowest BCUT2D eigenvalue weighted by Gasteiger charge is -2.21. The van der Waals surface area contributed by atoms with E-state index in [9.17, 15) is 14.7 Å². The minimum atomic E-state index is -1.27. The van der Waals surface area contributed by atoms with E-state index in [1.54, 1.807) is 26.8 Å². The summed E-state index contributed by atoms with van der Waals surface area (Å²) in [5.74, 6) is -1.10. The molecule has 0 atom stereocenters. The second-order valence-corrected chi connectivity index (χ2v) is 6.86. The fourth-order valence-electron chi connectivity index (χ4n) is 2.73. The van der Waals surface area contributed by atoms with E-state index in [-0.39, 0.29) is 12.0 Å². The average Bonchev–Trinajstić information content (AvgIpc) is 2.36. The molecular formula is C17H27O4-. The molecular weight excluding hydrogens is 268 g/mol. The summed E-state index contributed by atoms with van der Waals surface area (Å²) in [4.78, 5) is 22.8. The molecule has 120 valence electrons. The number of carboxylic acid groups (broad SMARTS) is 1. The highest BCUT2D eigenvalue weighted by molar-refractivity contribution is 5.91. The van der Waals surface area contributed by atoms with Crippen molar-refractivity contribution in [3.63, 3.8) is 0 Å². The average molecular weight is 295 g/mol. The van der Waals surface area contributed by atoms with Crippen molar-refractivity contribution in [2.75, 3.05) is 0 Å². The first-order valence-corrected chi connectivity index (χ1v) is 7.90. The van der Waals surface area contributed by atoms with Crippen LogP contribution in [0.5, 0.6) is 0 Å². The molecule has 0 aromatic heterocycles. The van der Waals surface area contributed by atoms with E-state index in [0.29, 0.717) is 12.3 Å². The summed E-state index contributed by atoms with van der Waals surface area (Å²) in [7, 11) is 0. The van der Waals surface area contributed by atoms with Gasteiger partial charge in [-0.25, -0.2) is 0 Å². The standard InChI is InChI=1S/C17H28O4/c1-17(2,3)21-15(18)12-14(16(19)20)11-7-10-13-8-5-4-6-9-13/h11,13H,4-10,12H2,1-3H3,(H,19,20)/p-1/b14-11+. The van der Waals surface area contributed by atoms with Gasteiger partial charge in [-0.3, -0.25) is 4.79 Å². The maximum Gasteiger partial charge on any atom is 0.310 e. The van der Waals surface area contributed by atoms with E-state index in [1.165, 1.54) is 32.1 Å². The number of aliphatic carboxylic acids is 1. The maximum atomic E-state index is 11.7. The maximum absolute atomic E-state index is 11.7. The van der Waals surface area contributed by atoms with Gasteiger partial charge in [0.05, 0.1) is 12.4 Å². The van der Waals surface area contributed by atoms with Gasteiger partial charge in [-0.1, -0.05) is 38.2 Å². The van der Waals surface area contributed by atoms with Gasteiger partial charge < -0.3 is 14.6 Å². The number of esters is 1. The predicted octanol–water partition coefficient (Wildman–Crippen LogP) is 2.76. The van der Waals surface area contributed by atoms with Crippen LogP contribution in [0.4, 0.5) is 0 Å². The van der Waals surface area contributed by atoms with Crippen LogP contribution in [0.25, 0.3) is 0 Å². The Kier molecular flexibility index (Phi) is 6.93. The van der Waals surface area contributed by atoms with Crippen LogP contribution < -0.4 is 5.11 Å². The van der Waals surface area contributed by atoms with E-state index >= 15 is 0 Å². The Morgan fingerprint density at radius 2 is 1.81 bits per heavy atom. The first-order valence-electron chi connectivity index (χ1n) is 7.90. The van der Waals surface area contributed by atoms with Crippen LogP contribution in [-0.2, 0) is 14.3 Å². The molecule has 1 saturated carbocycles. The molecule has 0 aliphatic heterocycles. The van der Waals surface area contributed by atoms with Crippen LogP contribution in [0.15, 0.2) is 11.6 Å². The lowest BCUT2D eigenvalue weighted by atomic mass is 9.86. The molecule has 1 aliphatic carbocycles. The van der Waals surface area contributed by atoms with E-state index < -0.39 is 17.5 Å². The van der Waals surface area contributed by atoms with Crippen molar-refractivity contribution in [2.45, 2.75) is 77.7 Å². The Morgan fingerprint density at radius 3 is 2.33 bits per heavy atom. The molecule has 0 N–H and O–H groups in total. The number of ether oxygens (including phenoxy) is 1. The zero-order valence-corrected chi connectivity index (χ0v) is 13.4. The largest absolute Gasteiger partial charge is 0.545 e. The lowest BCUT2D eigenvalue weighted by molar-refractivity contribution is -0.299. The summed E-state index contributed by atoms with van der Waals surface area (Å²) in [6.45, 7) is 5.28.